The summed E-state index contributed by atoms with van der Waals surface area (Å²) in [4.78, 5) is 42.9. The number of nitrogens with zero attached hydrogens (tertiary/aromatic N) is 2. The van der Waals surface area contributed by atoms with E-state index in [4.69, 9.17) is 21.1 Å². The van der Waals surface area contributed by atoms with Crippen LogP contribution in [-0.4, -0.2) is 55.4 Å². The van der Waals surface area contributed by atoms with E-state index in [0.717, 1.165) is 38.5 Å². The number of nitrogens with two attached hydrogens (primary N) is 1. The Morgan fingerprint density at radius 3 is 1.60 bits per heavy atom. The number of aliphatic carboxylic acids is 2. The predicted octanol–water partition coefficient (Wildman–Crippen LogP) is 3.10. The maximum atomic E-state index is 11.8. The summed E-state index contributed by atoms with van der Waals surface area (Å²) in [6.45, 7) is 0. The summed E-state index contributed by atoms with van der Waals surface area (Å²) in [5.74, 6) is -2.53. The normalized spacial score (nSPS) is 23.6. The fraction of sp³-hybridized carbons (Fsp3) is 0.565. The van der Waals surface area contributed by atoms with Crippen molar-refractivity contribution >= 4 is 23.7 Å². The second-order valence-corrected chi connectivity index (χ2v) is 8.71. The number of hydrogen-bond acceptors (Lipinski definition) is 9. The molecule has 192 valence electrons. The molecule has 2 heterocycles. The van der Waals surface area contributed by atoms with Crippen molar-refractivity contribution in [3.63, 3.8) is 0 Å². The van der Waals surface area contributed by atoms with Crippen LogP contribution in [0.15, 0.2) is 33.7 Å². The van der Waals surface area contributed by atoms with Crippen molar-refractivity contribution in [1.29, 1.82) is 0 Å². The molecule has 0 aromatic carbocycles. The molecule has 2 aromatic heterocycles. The Bertz CT molecular complexity index is 928. The van der Waals surface area contributed by atoms with Gasteiger partial charge in [-0.05, 0) is 57.3 Å². The van der Waals surface area contributed by atoms with E-state index in [2.05, 4.69) is 19.4 Å². The first-order valence-corrected chi connectivity index (χ1v) is 11.5. The quantitative estimate of drug-likeness (QED) is 0.428. The molecule has 12 nitrogen and oxygen atoms in total. The minimum absolute atomic E-state index is 0.0162. The zero-order valence-corrected chi connectivity index (χ0v) is 19.2. The summed E-state index contributed by atoms with van der Waals surface area (Å²) < 4.78 is 8.87. The predicted molar refractivity (Wildman–Crippen MR) is 120 cm³/mol. The number of aromatic nitrogens is 2. The van der Waals surface area contributed by atoms with Gasteiger partial charge in [0.1, 0.15) is 18.2 Å². The van der Waals surface area contributed by atoms with Crippen molar-refractivity contribution < 1.29 is 43.5 Å². The number of rotatable bonds is 6. The molecule has 12 heteroatoms. The Morgan fingerprint density at radius 1 is 0.771 bits per heavy atom. The van der Waals surface area contributed by atoms with Gasteiger partial charge < -0.3 is 30.1 Å². The van der Waals surface area contributed by atoms with Gasteiger partial charge in [0.15, 0.2) is 11.5 Å². The van der Waals surface area contributed by atoms with Crippen LogP contribution in [0.2, 0.25) is 0 Å². The topological polar surface area (TPSA) is 207 Å². The summed E-state index contributed by atoms with van der Waals surface area (Å²) >= 11 is 0. The minimum Gasteiger partial charge on any atom is -0.481 e. The van der Waals surface area contributed by atoms with Gasteiger partial charge in [-0.25, -0.2) is 4.79 Å². The van der Waals surface area contributed by atoms with Crippen LogP contribution in [0.4, 0.5) is 0 Å². The van der Waals surface area contributed by atoms with Crippen LogP contribution < -0.4 is 5.73 Å². The van der Waals surface area contributed by atoms with Crippen LogP contribution in [0.25, 0.3) is 0 Å². The van der Waals surface area contributed by atoms with Gasteiger partial charge in [0.25, 0.3) is 0 Å². The lowest BCUT2D eigenvalue weighted by Crippen LogP contribution is -2.29. The largest absolute Gasteiger partial charge is 0.481 e. The van der Waals surface area contributed by atoms with Crippen molar-refractivity contribution in [3.8, 4) is 0 Å². The van der Waals surface area contributed by atoms with E-state index in [1.807, 2.05) is 0 Å². The molecule has 2 aromatic rings. The maximum absolute atomic E-state index is 11.8. The Kier molecular flexibility index (Phi) is 11.1. The molecule has 0 radical (unpaired) electrons. The SMILES string of the molecule is NC1CCC(C(=O)O)CC1.O=C(CC1CCC(C(=O)O)CC1)c1ccon1.O=C(O)c1ccon1. The van der Waals surface area contributed by atoms with E-state index >= 15 is 0 Å². The summed E-state index contributed by atoms with van der Waals surface area (Å²) in [6, 6.07) is 3.09. The van der Waals surface area contributed by atoms with Gasteiger partial charge in [-0.15, -0.1) is 0 Å². The maximum Gasteiger partial charge on any atom is 0.358 e. The summed E-state index contributed by atoms with van der Waals surface area (Å²) in [5, 5.41) is 32.3. The van der Waals surface area contributed by atoms with Crippen LogP contribution in [0, 0.1) is 17.8 Å². The van der Waals surface area contributed by atoms with Gasteiger partial charge in [-0.2, -0.15) is 0 Å². The highest BCUT2D eigenvalue weighted by Crippen LogP contribution is 2.31. The first-order chi connectivity index (χ1) is 16.7. The molecule has 0 atom stereocenters. The molecule has 0 aliphatic heterocycles. The molecule has 0 saturated heterocycles. The lowest BCUT2D eigenvalue weighted by Gasteiger charge is -2.25. The smallest absolute Gasteiger partial charge is 0.358 e. The molecule has 0 unspecified atom stereocenters. The molecule has 2 fully saturated rings. The fourth-order valence-corrected chi connectivity index (χ4v) is 4.03. The van der Waals surface area contributed by atoms with E-state index in [0.29, 0.717) is 25.0 Å². The van der Waals surface area contributed by atoms with Crippen LogP contribution in [0.1, 0.15) is 78.8 Å². The number of carboxylic acids is 3. The van der Waals surface area contributed by atoms with Crippen LogP contribution in [-0.2, 0) is 9.59 Å². The highest BCUT2D eigenvalue weighted by Gasteiger charge is 2.27. The van der Waals surface area contributed by atoms with E-state index in [-0.39, 0.29) is 35.3 Å². The number of carbonyl (C=O) groups excluding carboxylic acids is 1. The molecule has 2 aliphatic carbocycles. The van der Waals surface area contributed by atoms with Gasteiger partial charge in [-0.3, -0.25) is 14.4 Å². The third kappa shape index (κ3) is 9.69. The van der Waals surface area contributed by atoms with E-state index in [9.17, 15) is 19.2 Å². The van der Waals surface area contributed by atoms with Gasteiger partial charge in [-0.1, -0.05) is 10.3 Å². The number of carboxylic acid groups (broad SMARTS) is 3. The van der Waals surface area contributed by atoms with Crippen molar-refractivity contribution in [1.82, 2.24) is 10.3 Å². The monoisotopic (exact) mass is 493 g/mol. The highest BCUT2D eigenvalue weighted by atomic mass is 16.5. The molecule has 35 heavy (non-hydrogen) atoms. The van der Waals surface area contributed by atoms with E-state index in [1.165, 1.54) is 18.6 Å². The average Bonchev–Trinajstić information content (AvgIpc) is 3.55. The number of carbonyl (C=O) groups is 4. The van der Waals surface area contributed by atoms with Crippen LogP contribution in [0.3, 0.4) is 0 Å². The van der Waals surface area contributed by atoms with Gasteiger partial charge in [0, 0.05) is 24.6 Å². The molecule has 2 aliphatic rings. The zero-order chi connectivity index (χ0) is 25.8. The third-order valence-corrected chi connectivity index (χ3v) is 6.17. The molecule has 2 saturated carbocycles. The molecular weight excluding hydrogens is 462 g/mol. The van der Waals surface area contributed by atoms with Gasteiger partial charge >= 0.3 is 17.9 Å². The lowest BCUT2D eigenvalue weighted by molar-refractivity contribution is -0.143. The summed E-state index contributed by atoms with van der Waals surface area (Å²) in [7, 11) is 0. The van der Waals surface area contributed by atoms with Crippen molar-refractivity contribution in [2.45, 2.75) is 63.8 Å². The number of Topliss-reactive ketones (excluding diaryl/α,β-unsaturated/α-hetero) is 1. The summed E-state index contributed by atoms with van der Waals surface area (Å²) in [5.41, 5.74) is 5.91. The fourth-order valence-electron chi connectivity index (χ4n) is 4.03. The third-order valence-electron chi connectivity index (χ3n) is 6.17. The Morgan fingerprint density at radius 2 is 1.23 bits per heavy atom. The number of ketones is 1. The lowest BCUT2D eigenvalue weighted by atomic mass is 9.79. The molecule has 0 bridgehead atoms. The summed E-state index contributed by atoms with van der Waals surface area (Å²) in [6.07, 6.45) is 9.26. The first kappa shape index (κ1) is 27.7. The Balaban J connectivity index is 0.000000204. The highest BCUT2D eigenvalue weighted by molar-refractivity contribution is 5.94. The average molecular weight is 494 g/mol. The van der Waals surface area contributed by atoms with Crippen LogP contribution >= 0.6 is 0 Å². The zero-order valence-electron chi connectivity index (χ0n) is 19.2. The number of aromatic carboxylic acids is 1. The second-order valence-electron chi connectivity index (χ2n) is 8.71. The van der Waals surface area contributed by atoms with E-state index in [1.54, 1.807) is 6.07 Å². The Labute approximate surface area is 201 Å². The number of hydrogen-bond donors (Lipinski definition) is 4. The minimum atomic E-state index is -1.07. The molecular formula is C23H31N3O9. The van der Waals surface area contributed by atoms with Crippen LogP contribution in [0.5, 0.6) is 0 Å². The molecule has 0 amide bonds. The molecule has 5 N–H and O–H groups in total. The molecule has 4 rings (SSSR count). The second kappa shape index (κ2) is 14.0. The van der Waals surface area contributed by atoms with Crippen molar-refractivity contribution in [2.75, 3.05) is 0 Å². The van der Waals surface area contributed by atoms with Crippen molar-refractivity contribution in [3.05, 3.63) is 36.0 Å². The molecule has 0 spiro atoms. The Hall–Kier alpha value is -3.54. The standard InChI is InChI=1S/C12H15NO4.C7H13NO2.C4H3NO3/c14-11(10-5-6-17-13-10)7-8-1-3-9(4-2-8)12(15)16;8-6-3-1-5(2-4-6)7(9)10;6-4(7)3-1-2-8-5-3/h5-6,8-9H,1-4,7H2,(H,15,16);5-6H,1-4,8H2,(H,9,10);1-2H,(H,6,7). The van der Waals surface area contributed by atoms with Gasteiger partial charge in [0.2, 0.25) is 0 Å². The van der Waals surface area contributed by atoms with E-state index < -0.39 is 17.9 Å². The van der Waals surface area contributed by atoms with Crippen molar-refractivity contribution in [2.24, 2.45) is 23.5 Å². The van der Waals surface area contributed by atoms with Gasteiger partial charge in [0.05, 0.1) is 11.8 Å². The first-order valence-electron chi connectivity index (χ1n) is 11.5.